The molecule has 2 atom stereocenters. The van der Waals surface area contributed by atoms with Crippen LogP contribution in [0.25, 0.3) is 0 Å². The van der Waals surface area contributed by atoms with Crippen LogP contribution < -0.4 is 10.2 Å². The second-order valence-electron chi connectivity index (χ2n) is 6.24. The van der Waals surface area contributed by atoms with E-state index in [0.29, 0.717) is 39.1 Å². The summed E-state index contributed by atoms with van der Waals surface area (Å²) in [5.74, 6) is 0.0398. The van der Waals surface area contributed by atoms with Crippen LogP contribution in [0.2, 0.25) is 0 Å². The smallest absolute Gasteiger partial charge is 0.249 e. The van der Waals surface area contributed by atoms with E-state index in [9.17, 15) is 9.59 Å². The lowest BCUT2D eigenvalue weighted by molar-refractivity contribution is -0.139. The van der Waals surface area contributed by atoms with Gasteiger partial charge in [-0.25, -0.2) is 0 Å². The van der Waals surface area contributed by atoms with Gasteiger partial charge in [-0.3, -0.25) is 9.59 Å². The Morgan fingerprint density at radius 2 is 2.17 bits per heavy atom. The van der Waals surface area contributed by atoms with E-state index >= 15 is 0 Å². The zero-order valence-corrected chi connectivity index (χ0v) is 14.1. The average molecular weight is 331 g/mol. The van der Waals surface area contributed by atoms with Crippen molar-refractivity contribution in [3.05, 3.63) is 30.3 Å². The fourth-order valence-corrected chi connectivity index (χ4v) is 3.47. The minimum Gasteiger partial charge on any atom is -0.378 e. The van der Waals surface area contributed by atoms with Gasteiger partial charge in [-0.1, -0.05) is 18.2 Å². The van der Waals surface area contributed by atoms with E-state index in [2.05, 4.69) is 5.32 Å². The lowest BCUT2D eigenvalue weighted by atomic mass is 10.1. The first kappa shape index (κ1) is 16.9. The largest absolute Gasteiger partial charge is 0.378 e. The van der Waals surface area contributed by atoms with Crippen molar-refractivity contribution >= 4 is 17.5 Å². The van der Waals surface area contributed by atoms with Crippen LogP contribution >= 0.6 is 0 Å². The van der Waals surface area contributed by atoms with Crippen LogP contribution in [0, 0.1) is 0 Å². The zero-order chi connectivity index (χ0) is 16.9. The number of carbonyl (C=O) groups excluding carboxylic acids is 2. The van der Waals surface area contributed by atoms with Gasteiger partial charge in [0.05, 0.1) is 13.2 Å². The monoisotopic (exact) mass is 331 g/mol. The first-order chi connectivity index (χ1) is 11.7. The molecule has 1 N–H and O–H groups in total. The summed E-state index contributed by atoms with van der Waals surface area (Å²) in [5, 5.41) is 3.30. The highest BCUT2D eigenvalue weighted by Crippen LogP contribution is 2.24. The number of benzene rings is 1. The molecule has 0 aliphatic carbocycles. The molecule has 2 aliphatic rings. The van der Waals surface area contributed by atoms with Crippen molar-refractivity contribution in [2.75, 3.05) is 37.7 Å². The van der Waals surface area contributed by atoms with Crippen molar-refractivity contribution in [3.8, 4) is 0 Å². The molecule has 2 saturated heterocycles. The van der Waals surface area contributed by atoms with Gasteiger partial charge >= 0.3 is 0 Å². The summed E-state index contributed by atoms with van der Waals surface area (Å²) >= 11 is 0. The number of carbonyl (C=O) groups is 2. The number of morpholine rings is 1. The second kappa shape index (κ2) is 7.77. The predicted molar refractivity (Wildman–Crippen MR) is 91.8 cm³/mol. The zero-order valence-electron chi connectivity index (χ0n) is 14.1. The molecular formula is C18H25N3O3. The van der Waals surface area contributed by atoms with E-state index in [4.69, 9.17) is 4.74 Å². The van der Waals surface area contributed by atoms with Crippen LogP contribution in [0.4, 0.5) is 5.69 Å². The Bertz CT molecular complexity index is 572. The summed E-state index contributed by atoms with van der Waals surface area (Å²) in [5.41, 5.74) is 0.899. The van der Waals surface area contributed by atoms with Gasteiger partial charge in [0, 0.05) is 37.8 Å². The molecule has 0 saturated carbocycles. The normalized spacial score (nSPS) is 24.2. The predicted octanol–water partition coefficient (Wildman–Crippen LogP) is 1.02. The summed E-state index contributed by atoms with van der Waals surface area (Å²) in [6, 6.07) is 9.33. The fraction of sp³-hybridized carbons (Fsp3) is 0.556. The third-order valence-electron chi connectivity index (χ3n) is 4.70. The molecule has 1 aromatic rings. The number of likely N-dealkylation sites (N-methyl/N-ethyl adjacent to an activating group) is 1. The number of amides is 2. The minimum absolute atomic E-state index is 0.0178. The maximum Gasteiger partial charge on any atom is 0.249 e. The number of nitrogens with zero attached hydrogens (tertiary/aromatic N) is 2. The van der Waals surface area contributed by atoms with E-state index in [0.717, 1.165) is 12.2 Å². The van der Waals surface area contributed by atoms with Crippen molar-refractivity contribution in [3.63, 3.8) is 0 Å². The van der Waals surface area contributed by atoms with Gasteiger partial charge in [-0.2, -0.15) is 0 Å². The molecule has 24 heavy (non-hydrogen) atoms. The molecule has 2 amide bonds. The van der Waals surface area contributed by atoms with Crippen LogP contribution in [-0.2, 0) is 14.3 Å². The van der Waals surface area contributed by atoms with Crippen LogP contribution in [0.3, 0.4) is 0 Å². The standard InChI is InChI=1S/C18H25N3O3/c1-2-20(17(22)12-14-13-24-11-9-19-14)16-8-10-21(18(16)23)15-6-4-3-5-7-15/h3-7,14,16,19H,2,8-13H2,1H3. The summed E-state index contributed by atoms with van der Waals surface area (Å²) in [6.07, 6.45) is 1.06. The van der Waals surface area contributed by atoms with Gasteiger partial charge in [0.25, 0.3) is 0 Å². The van der Waals surface area contributed by atoms with Crippen molar-refractivity contribution in [1.29, 1.82) is 0 Å². The van der Waals surface area contributed by atoms with Gasteiger partial charge in [0.2, 0.25) is 11.8 Å². The fourth-order valence-electron chi connectivity index (χ4n) is 3.47. The van der Waals surface area contributed by atoms with Crippen molar-refractivity contribution in [2.45, 2.75) is 31.8 Å². The highest BCUT2D eigenvalue weighted by molar-refractivity contribution is 6.01. The van der Waals surface area contributed by atoms with E-state index in [-0.39, 0.29) is 23.9 Å². The van der Waals surface area contributed by atoms with Crippen molar-refractivity contribution in [1.82, 2.24) is 10.2 Å². The highest BCUT2D eigenvalue weighted by Gasteiger charge is 2.38. The molecular weight excluding hydrogens is 306 g/mol. The number of nitrogens with one attached hydrogen (secondary N) is 1. The number of anilines is 1. The molecule has 6 heteroatoms. The SMILES string of the molecule is CCN(C(=O)CC1COCCN1)C1CCN(c2ccccc2)C1=O. The summed E-state index contributed by atoms with van der Waals surface area (Å²) in [7, 11) is 0. The Balaban J connectivity index is 1.65. The molecule has 2 aliphatic heterocycles. The Labute approximate surface area is 142 Å². The molecule has 0 spiro atoms. The molecule has 2 heterocycles. The van der Waals surface area contributed by atoms with E-state index in [1.165, 1.54) is 0 Å². The van der Waals surface area contributed by atoms with Gasteiger partial charge in [-0.15, -0.1) is 0 Å². The average Bonchev–Trinajstić information content (AvgIpc) is 2.99. The number of ether oxygens (including phenoxy) is 1. The Hall–Kier alpha value is -1.92. The molecule has 0 radical (unpaired) electrons. The molecule has 130 valence electrons. The topological polar surface area (TPSA) is 61.9 Å². The van der Waals surface area contributed by atoms with E-state index in [1.54, 1.807) is 9.80 Å². The first-order valence-corrected chi connectivity index (χ1v) is 8.67. The lowest BCUT2D eigenvalue weighted by Gasteiger charge is -2.30. The highest BCUT2D eigenvalue weighted by atomic mass is 16.5. The molecule has 1 aromatic carbocycles. The van der Waals surface area contributed by atoms with E-state index < -0.39 is 0 Å². The third-order valence-corrected chi connectivity index (χ3v) is 4.70. The van der Waals surface area contributed by atoms with Gasteiger partial charge in [-0.05, 0) is 25.5 Å². The molecule has 0 bridgehead atoms. The summed E-state index contributed by atoms with van der Waals surface area (Å²) < 4.78 is 5.41. The number of para-hydroxylation sites is 1. The first-order valence-electron chi connectivity index (χ1n) is 8.67. The maximum atomic E-state index is 12.8. The number of rotatable bonds is 5. The molecule has 0 aromatic heterocycles. The Morgan fingerprint density at radius 1 is 1.38 bits per heavy atom. The summed E-state index contributed by atoms with van der Waals surface area (Å²) in [6.45, 7) is 5.15. The molecule has 2 unspecified atom stereocenters. The van der Waals surface area contributed by atoms with Gasteiger partial charge < -0.3 is 19.9 Å². The van der Waals surface area contributed by atoms with Crippen LogP contribution in [0.15, 0.2) is 30.3 Å². The molecule has 2 fully saturated rings. The molecule has 6 nitrogen and oxygen atoms in total. The van der Waals surface area contributed by atoms with Gasteiger partial charge in [0.1, 0.15) is 6.04 Å². The Kier molecular flexibility index (Phi) is 5.48. The van der Waals surface area contributed by atoms with Crippen molar-refractivity contribution < 1.29 is 14.3 Å². The minimum atomic E-state index is -0.354. The quantitative estimate of drug-likeness (QED) is 0.875. The number of hydrogen-bond donors (Lipinski definition) is 1. The van der Waals surface area contributed by atoms with Crippen LogP contribution in [0.1, 0.15) is 19.8 Å². The summed E-state index contributed by atoms with van der Waals surface area (Å²) in [4.78, 5) is 29.0. The number of hydrogen-bond acceptors (Lipinski definition) is 4. The van der Waals surface area contributed by atoms with Crippen molar-refractivity contribution in [2.24, 2.45) is 0 Å². The maximum absolute atomic E-state index is 12.8. The lowest BCUT2D eigenvalue weighted by Crippen LogP contribution is -2.49. The van der Waals surface area contributed by atoms with Crippen LogP contribution in [-0.4, -0.2) is 61.6 Å². The second-order valence-corrected chi connectivity index (χ2v) is 6.24. The van der Waals surface area contributed by atoms with Crippen LogP contribution in [0.5, 0.6) is 0 Å². The Morgan fingerprint density at radius 3 is 2.83 bits per heavy atom. The van der Waals surface area contributed by atoms with E-state index in [1.807, 2.05) is 37.3 Å². The third kappa shape index (κ3) is 3.60. The van der Waals surface area contributed by atoms with Gasteiger partial charge in [0.15, 0.2) is 0 Å². The molecule has 3 rings (SSSR count).